The highest BCUT2D eigenvalue weighted by atomic mass is 16.5. The van der Waals surface area contributed by atoms with Crippen LogP contribution in [0.2, 0.25) is 0 Å². The number of aryl methyl sites for hydroxylation is 1. The monoisotopic (exact) mass is 264 g/mol. The van der Waals surface area contributed by atoms with Gasteiger partial charge >= 0.3 is 0 Å². The van der Waals surface area contributed by atoms with E-state index in [0.29, 0.717) is 5.92 Å². The molecular formula is C15H24N2O2. The molecule has 0 radical (unpaired) electrons. The van der Waals surface area contributed by atoms with Gasteiger partial charge in [-0.1, -0.05) is 0 Å². The van der Waals surface area contributed by atoms with Crippen molar-refractivity contribution in [1.29, 1.82) is 0 Å². The van der Waals surface area contributed by atoms with Gasteiger partial charge in [-0.15, -0.1) is 0 Å². The van der Waals surface area contributed by atoms with Gasteiger partial charge in [-0.25, -0.2) is 0 Å². The number of hydrogen-bond acceptors (Lipinski definition) is 4. The average Bonchev–Trinajstić information content (AvgIpc) is 2.88. The number of benzene rings is 1. The van der Waals surface area contributed by atoms with Crippen molar-refractivity contribution in [2.75, 3.05) is 33.9 Å². The van der Waals surface area contributed by atoms with Gasteiger partial charge < -0.3 is 15.2 Å². The number of methoxy groups -OCH3 is 2. The number of hydrogen-bond donors (Lipinski definition) is 1. The third-order valence-corrected chi connectivity index (χ3v) is 3.94. The standard InChI is InChI=1S/C15H24N2O2/c1-11-6-14(18-2)15(19-3)7-13(11)10-17-5-4-12(8-16)9-17/h6-7,12H,4-5,8-10,16H2,1-3H3. The fourth-order valence-electron chi connectivity index (χ4n) is 2.68. The third-order valence-electron chi connectivity index (χ3n) is 3.94. The Balaban J connectivity index is 2.12. The molecule has 1 aromatic carbocycles. The van der Waals surface area contributed by atoms with Crippen LogP contribution in [-0.2, 0) is 6.54 Å². The number of nitrogens with zero attached hydrogens (tertiary/aromatic N) is 1. The van der Waals surface area contributed by atoms with Gasteiger partial charge in [-0.3, -0.25) is 4.90 Å². The molecule has 2 N–H and O–H groups in total. The lowest BCUT2D eigenvalue weighted by molar-refractivity contribution is 0.314. The first-order chi connectivity index (χ1) is 9.17. The van der Waals surface area contributed by atoms with Gasteiger partial charge in [0.2, 0.25) is 0 Å². The fourth-order valence-corrected chi connectivity index (χ4v) is 2.68. The van der Waals surface area contributed by atoms with Crippen LogP contribution in [0.25, 0.3) is 0 Å². The molecule has 106 valence electrons. The number of ether oxygens (including phenoxy) is 2. The molecule has 0 spiro atoms. The van der Waals surface area contributed by atoms with Crippen molar-refractivity contribution in [2.24, 2.45) is 11.7 Å². The molecule has 1 aliphatic rings. The molecule has 0 saturated carbocycles. The van der Waals surface area contributed by atoms with Crippen molar-refractivity contribution in [1.82, 2.24) is 4.90 Å². The Morgan fingerprint density at radius 3 is 2.53 bits per heavy atom. The molecule has 4 nitrogen and oxygen atoms in total. The van der Waals surface area contributed by atoms with E-state index in [4.69, 9.17) is 15.2 Å². The summed E-state index contributed by atoms with van der Waals surface area (Å²) in [5.41, 5.74) is 8.29. The Bertz CT molecular complexity index is 434. The second-order valence-corrected chi connectivity index (χ2v) is 5.26. The summed E-state index contributed by atoms with van der Waals surface area (Å²) in [6, 6.07) is 4.13. The Morgan fingerprint density at radius 2 is 1.95 bits per heavy atom. The van der Waals surface area contributed by atoms with E-state index in [-0.39, 0.29) is 0 Å². The number of rotatable bonds is 5. The molecule has 19 heavy (non-hydrogen) atoms. The molecule has 1 aliphatic heterocycles. The molecule has 2 rings (SSSR count). The zero-order valence-corrected chi connectivity index (χ0v) is 12.1. The second-order valence-electron chi connectivity index (χ2n) is 5.26. The summed E-state index contributed by atoms with van der Waals surface area (Å²) < 4.78 is 10.7. The lowest BCUT2D eigenvalue weighted by Gasteiger charge is -2.19. The molecule has 1 fully saturated rings. The van der Waals surface area contributed by atoms with E-state index in [1.165, 1.54) is 17.5 Å². The molecule has 0 aliphatic carbocycles. The van der Waals surface area contributed by atoms with Crippen molar-refractivity contribution in [3.05, 3.63) is 23.3 Å². The van der Waals surface area contributed by atoms with E-state index in [1.807, 2.05) is 6.07 Å². The zero-order valence-electron chi connectivity index (χ0n) is 12.1. The summed E-state index contributed by atoms with van der Waals surface area (Å²) in [6.45, 7) is 6.11. The quantitative estimate of drug-likeness (QED) is 0.881. The lowest BCUT2D eigenvalue weighted by Crippen LogP contribution is -2.23. The van der Waals surface area contributed by atoms with Crippen LogP contribution in [0.4, 0.5) is 0 Å². The summed E-state index contributed by atoms with van der Waals surface area (Å²) in [6.07, 6.45) is 1.21. The van der Waals surface area contributed by atoms with Crippen LogP contribution in [0.3, 0.4) is 0 Å². The molecular weight excluding hydrogens is 240 g/mol. The van der Waals surface area contributed by atoms with Gasteiger partial charge in [-0.2, -0.15) is 0 Å². The Kier molecular flexibility index (Phi) is 4.66. The van der Waals surface area contributed by atoms with Crippen molar-refractivity contribution >= 4 is 0 Å². The summed E-state index contributed by atoms with van der Waals surface area (Å²) >= 11 is 0. The Hall–Kier alpha value is -1.26. The maximum atomic E-state index is 5.74. The van der Waals surface area contributed by atoms with E-state index in [2.05, 4.69) is 17.9 Å². The van der Waals surface area contributed by atoms with Crippen LogP contribution in [0.15, 0.2) is 12.1 Å². The minimum absolute atomic E-state index is 0.653. The van der Waals surface area contributed by atoms with Gasteiger partial charge in [-0.05, 0) is 55.6 Å². The van der Waals surface area contributed by atoms with E-state index in [1.54, 1.807) is 14.2 Å². The summed E-state index contributed by atoms with van der Waals surface area (Å²) in [5, 5.41) is 0. The summed E-state index contributed by atoms with van der Waals surface area (Å²) in [7, 11) is 3.35. The molecule has 0 bridgehead atoms. The van der Waals surface area contributed by atoms with Crippen molar-refractivity contribution in [2.45, 2.75) is 19.9 Å². The molecule has 1 saturated heterocycles. The predicted molar refractivity (Wildman–Crippen MR) is 76.7 cm³/mol. The third kappa shape index (κ3) is 3.19. The van der Waals surface area contributed by atoms with Crippen molar-refractivity contribution in [3.8, 4) is 11.5 Å². The van der Waals surface area contributed by atoms with Gasteiger partial charge in [0.1, 0.15) is 0 Å². The van der Waals surface area contributed by atoms with Crippen LogP contribution in [0.1, 0.15) is 17.5 Å². The average molecular weight is 264 g/mol. The number of likely N-dealkylation sites (tertiary alicyclic amines) is 1. The first-order valence-electron chi connectivity index (χ1n) is 6.81. The fraction of sp³-hybridized carbons (Fsp3) is 0.600. The molecule has 1 atom stereocenters. The number of nitrogens with two attached hydrogens (primary N) is 1. The SMILES string of the molecule is COc1cc(C)c(CN2CCC(CN)C2)cc1OC. The Morgan fingerprint density at radius 1 is 1.26 bits per heavy atom. The molecule has 1 unspecified atom stereocenters. The van der Waals surface area contributed by atoms with Gasteiger partial charge in [0.05, 0.1) is 14.2 Å². The van der Waals surface area contributed by atoms with Crippen molar-refractivity contribution < 1.29 is 9.47 Å². The molecule has 1 heterocycles. The molecule has 4 heteroatoms. The topological polar surface area (TPSA) is 47.7 Å². The maximum absolute atomic E-state index is 5.74. The smallest absolute Gasteiger partial charge is 0.161 e. The minimum Gasteiger partial charge on any atom is -0.493 e. The van der Waals surface area contributed by atoms with Crippen LogP contribution in [0.5, 0.6) is 11.5 Å². The van der Waals surface area contributed by atoms with Crippen LogP contribution in [0, 0.1) is 12.8 Å². The summed E-state index contributed by atoms with van der Waals surface area (Å²) in [5.74, 6) is 2.25. The highest BCUT2D eigenvalue weighted by molar-refractivity contribution is 5.47. The molecule has 0 amide bonds. The highest BCUT2D eigenvalue weighted by Gasteiger charge is 2.22. The minimum atomic E-state index is 0.653. The Labute approximate surface area is 115 Å². The predicted octanol–water partition coefficient (Wildman–Crippen LogP) is 1.79. The summed E-state index contributed by atoms with van der Waals surface area (Å²) in [4.78, 5) is 2.46. The van der Waals surface area contributed by atoms with Crippen LogP contribution >= 0.6 is 0 Å². The largest absolute Gasteiger partial charge is 0.493 e. The van der Waals surface area contributed by atoms with Gasteiger partial charge in [0.25, 0.3) is 0 Å². The zero-order chi connectivity index (χ0) is 13.8. The molecule has 0 aromatic heterocycles. The maximum Gasteiger partial charge on any atom is 0.161 e. The molecule has 1 aromatic rings. The van der Waals surface area contributed by atoms with E-state index < -0.39 is 0 Å². The first-order valence-corrected chi connectivity index (χ1v) is 6.81. The van der Waals surface area contributed by atoms with Crippen LogP contribution < -0.4 is 15.2 Å². The van der Waals surface area contributed by atoms with Gasteiger partial charge in [0.15, 0.2) is 11.5 Å². The highest BCUT2D eigenvalue weighted by Crippen LogP contribution is 2.31. The van der Waals surface area contributed by atoms with E-state index in [9.17, 15) is 0 Å². The van der Waals surface area contributed by atoms with Crippen LogP contribution in [-0.4, -0.2) is 38.8 Å². The second kappa shape index (κ2) is 6.26. The normalized spacial score (nSPS) is 19.7. The van der Waals surface area contributed by atoms with Gasteiger partial charge in [0, 0.05) is 13.1 Å². The van der Waals surface area contributed by atoms with E-state index >= 15 is 0 Å². The van der Waals surface area contributed by atoms with Crippen molar-refractivity contribution in [3.63, 3.8) is 0 Å². The van der Waals surface area contributed by atoms with E-state index in [0.717, 1.165) is 37.7 Å². The first kappa shape index (κ1) is 14.2. The lowest BCUT2D eigenvalue weighted by atomic mass is 10.1.